The molecule has 0 aromatic carbocycles. The highest BCUT2D eigenvalue weighted by Crippen LogP contribution is 2.55. The summed E-state index contributed by atoms with van der Waals surface area (Å²) in [6.45, 7) is 11.8. The van der Waals surface area contributed by atoms with Crippen molar-refractivity contribution in [3.63, 3.8) is 0 Å². The van der Waals surface area contributed by atoms with Crippen molar-refractivity contribution in [3.8, 4) is 0 Å². The largest absolute Gasteiger partial charge is 0.322 e. The normalized spacial score (nSPS) is 15.4. The van der Waals surface area contributed by atoms with Crippen molar-refractivity contribution in [2.24, 2.45) is 0 Å². The first kappa shape index (κ1) is 19.9. The summed E-state index contributed by atoms with van der Waals surface area (Å²) in [5, 5.41) is 0. The summed E-state index contributed by atoms with van der Waals surface area (Å²) in [4.78, 5) is 2.51. The molecular formula is C13H30NO2PS2. The fraction of sp³-hybridized carbons (Fsp3) is 1.00. The molecule has 0 amide bonds. The molecule has 0 fully saturated rings. The van der Waals surface area contributed by atoms with Gasteiger partial charge in [-0.1, -0.05) is 11.4 Å². The topological polar surface area (TPSA) is 29.5 Å². The van der Waals surface area contributed by atoms with Gasteiger partial charge in [-0.3, -0.25) is 9.46 Å². The number of nitrogens with zero attached hydrogens (tertiary/aromatic N) is 1. The van der Waals surface area contributed by atoms with Crippen LogP contribution in [0.5, 0.6) is 0 Å². The summed E-state index contributed by atoms with van der Waals surface area (Å²) in [6.07, 6.45) is 0. The van der Waals surface area contributed by atoms with Crippen LogP contribution in [-0.4, -0.2) is 54.1 Å². The van der Waals surface area contributed by atoms with Crippen molar-refractivity contribution in [3.05, 3.63) is 0 Å². The minimum Gasteiger partial charge on any atom is -0.322 e. The Kier molecular flexibility index (Phi) is 11.0. The highest BCUT2D eigenvalue weighted by molar-refractivity contribution is 8.56. The Balaban J connectivity index is 3.68. The van der Waals surface area contributed by atoms with Crippen LogP contribution >= 0.6 is 29.7 Å². The van der Waals surface area contributed by atoms with Crippen LogP contribution in [0.2, 0.25) is 0 Å². The molecule has 0 aliphatic heterocycles. The molecule has 6 heteroatoms. The summed E-state index contributed by atoms with van der Waals surface area (Å²) in [5.41, 5.74) is 0. The zero-order chi connectivity index (χ0) is 14.9. The molecule has 0 saturated heterocycles. The molecular weight excluding hydrogens is 297 g/mol. The lowest BCUT2D eigenvalue weighted by Crippen LogP contribution is -2.38. The lowest BCUT2D eigenvalue weighted by Gasteiger charge is -2.30. The zero-order valence-electron chi connectivity index (χ0n) is 13.2. The molecule has 1 unspecified atom stereocenters. The van der Waals surface area contributed by atoms with E-state index in [0.717, 1.165) is 23.8 Å². The summed E-state index contributed by atoms with van der Waals surface area (Å²) in [6, 6.07) is 1.20. The van der Waals surface area contributed by atoms with E-state index in [1.807, 2.05) is 18.7 Å². The van der Waals surface area contributed by atoms with Gasteiger partial charge in [0.1, 0.15) is 0 Å². The summed E-state index contributed by atoms with van der Waals surface area (Å²) in [7, 11) is 0. The van der Waals surface area contributed by atoms with Gasteiger partial charge in [-0.2, -0.15) is 11.8 Å². The van der Waals surface area contributed by atoms with Crippen LogP contribution in [-0.2, 0) is 9.09 Å². The van der Waals surface area contributed by atoms with Crippen LogP contribution in [0.4, 0.5) is 0 Å². The first-order chi connectivity index (χ1) is 8.80. The van der Waals surface area contributed by atoms with E-state index in [4.69, 9.17) is 4.52 Å². The second-order valence-electron chi connectivity index (χ2n) is 5.06. The first-order valence-corrected chi connectivity index (χ1v) is 11.8. The fourth-order valence-corrected chi connectivity index (χ4v) is 6.31. The Labute approximate surface area is 127 Å². The third kappa shape index (κ3) is 10.3. The van der Waals surface area contributed by atoms with E-state index in [9.17, 15) is 4.57 Å². The third-order valence-corrected chi connectivity index (χ3v) is 7.81. The van der Waals surface area contributed by atoms with Gasteiger partial charge in [0.25, 0.3) is 6.57 Å². The van der Waals surface area contributed by atoms with Crippen LogP contribution < -0.4 is 0 Å². The molecule has 0 heterocycles. The van der Waals surface area contributed by atoms with Gasteiger partial charge in [0.2, 0.25) is 0 Å². The Morgan fingerprint density at radius 3 is 2.16 bits per heavy atom. The van der Waals surface area contributed by atoms with Crippen molar-refractivity contribution in [1.82, 2.24) is 4.90 Å². The Morgan fingerprint density at radius 2 is 1.68 bits per heavy atom. The summed E-state index contributed by atoms with van der Waals surface area (Å²) in [5.74, 6) is 3.08. The highest BCUT2D eigenvalue weighted by Gasteiger charge is 2.15. The molecule has 0 aromatic rings. The van der Waals surface area contributed by atoms with Crippen molar-refractivity contribution >= 4 is 29.7 Å². The smallest absolute Gasteiger partial charge is 0.254 e. The number of hydrogen-bond donors (Lipinski definition) is 0. The molecule has 0 N–H and O–H groups in total. The van der Waals surface area contributed by atoms with Crippen LogP contribution in [0.1, 0.15) is 34.6 Å². The quantitative estimate of drug-likeness (QED) is 0.414. The molecule has 0 bridgehead atoms. The average Bonchev–Trinajstić information content (AvgIpc) is 2.26. The van der Waals surface area contributed by atoms with Gasteiger partial charge in [0.15, 0.2) is 0 Å². The van der Waals surface area contributed by atoms with Crippen LogP contribution in [0, 0.1) is 0 Å². The molecule has 19 heavy (non-hydrogen) atoms. The van der Waals surface area contributed by atoms with Gasteiger partial charge in [-0.15, -0.1) is 0 Å². The maximum Gasteiger partial charge on any atom is 0.254 e. The second kappa shape index (κ2) is 10.6. The van der Waals surface area contributed by atoms with E-state index in [2.05, 4.69) is 32.6 Å². The van der Waals surface area contributed by atoms with Crippen LogP contribution in [0.15, 0.2) is 0 Å². The predicted molar refractivity (Wildman–Crippen MR) is 91.9 cm³/mol. The third-order valence-electron chi connectivity index (χ3n) is 2.74. The Morgan fingerprint density at radius 1 is 1.11 bits per heavy atom. The molecule has 0 aliphatic rings. The van der Waals surface area contributed by atoms with Gasteiger partial charge in [0.05, 0.1) is 6.61 Å². The highest BCUT2D eigenvalue weighted by atomic mass is 32.7. The van der Waals surface area contributed by atoms with E-state index in [-0.39, 0.29) is 0 Å². The minimum atomic E-state index is -2.40. The maximum absolute atomic E-state index is 11.9. The summed E-state index contributed by atoms with van der Waals surface area (Å²) >= 11 is 3.41. The molecule has 3 nitrogen and oxygen atoms in total. The fourth-order valence-electron chi connectivity index (χ4n) is 1.92. The van der Waals surface area contributed by atoms with Gasteiger partial charge < -0.3 is 4.52 Å². The predicted octanol–water partition coefficient (Wildman–Crippen LogP) is 4.43. The van der Waals surface area contributed by atoms with Gasteiger partial charge in [0, 0.05) is 42.6 Å². The molecule has 0 radical (unpaired) electrons. The summed E-state index contributed by atoms with van der Waals surface area (Å²) < 4.78 is 17.1. The van der Waals surface area contributed by atoms with E-state index < -0.39 is 6.57 Å². The lowest BCUT2D eigenvalue weighted by atomic mass is 10.2. The molecule has 0 spiro atoms. The molecule has 0 aliphatic carbocycles. The van der Waals surface area contributed by atoms with E-state index in [1.54, 1.807) is 6.66 Å². The molecule has 0 rings (SSSR count). The van der Waals surface area contributed by atoms with Crippen LogP contribution in [0.25, 0.3) is 0 Å². The molecule has 0 aromatic heterocycles. The number of rotatable bonds is 11. The van der Waals surface area contributed by atoms with E-state index in [0.29, 0.717) is 18.7 Å². The second-order valence-corrected chi connectivity index (χ2v) is 11.5. The van der Waals surface area contributed by atoms with Crippen molar-refractivity contribution in [2.45, 2.75) is 46.7 Å². The van der Waals surface area contributed by atoms with Crippen molar-refractivity contribution in [1.29, 1.82) is 0 Å². The van der Waals surface area contributed by atoms with Crippen molar-refractivity contribution in [2.75, 3.05) is 37.1 Å². The molecule has 1 atom stereocenters. The SMILES string of the molecule is CCOP(C)(=O)SCCSCCN(C(C)C)C(C)C. The maximum atomic E-state index is 11.9. The van der Waals surface area contributed by atoms with Crippen LogP contribution in [0.3, 0.4) is 0 Å². The lowest BCUT2D eigenvalue weighted by molar-refractivity contribution is 0.187. The standard InChI is InChI=1S/C13H30NO2PS2/c1-7-16-17(6,15)19-11-10-18-9-8-14(12(2)3)13(4)5/h12-13H,7-11H2,1-6H3. The van der Waals surface area contributed by atoms with E-state index in [1.165, 1.54) is 11.4 Å². The zero-order valence-corrected chi connectivity index (χ0v) is 15.7. The molecule has 0 saturated carbocycles. The van der Waals surface area contributed by atoms with Gasteiger partial charge >= 0.3 is 0 Å². The number of hydrogen-bond acceptors (Lipinski definition) is 5. The minimum absolute atomic E-state index is 0.533. The van der Waals surface area contributed by atoms with Crippen molar-refractivity contribution < 1.29 is 9.09 Å². The first-order valence-electron chi connectivity index (χ1n) is 7.00. The van der Waals surface area contributed by atoms with E-state index >= 15 is 0 Å². The molecule has 116 valence electrons. The Hall–Kier alpha value is 0.850. The number of thioether (sulfide) groups is 1. The monoisotopic (exact) mass is 327 g/mol. The Bertz CT molecular complexity index is 267. The van der Waals surface area contributed by atoms with Gasteiger partial charge in [-0.05, 0) is 34.6 Å². The van der Waals surface area contributed by atoms with Gasteiger partial charge in [-0.25, -0.2) is 0 Å². The average molecular weight is 327 g/mol.